The van der Waals surface area contributed by atoms with Crippen molar-refractivity contribution in [3.8, 4) is 5.75 Å². The van der Waals surface area contributed by atoms with Crippen LogP contribution in [0.15, 0.2) is 6.20 Å². The van der Waals surface area contributed by atoms with E-state index in [0.29, 0.717) is 17.4 Å². The smallest absolute Gasteiger partial charge is 0.161 e. The molecule has 1 heterocycles. The van der Waals surface area contributed by atoms with Gasteiger partial charge in [0, 0.05) is 6.54 Å². The van der Waals surface area contributed by atoms with Crippen molar-refractivity contribution in [2.24, 2.45) is 11.3 Å². The minimum absolute atomic E-state index is 0.308. The number of nitrogens with one attached hydrogen (secondary N) is 1. The zero-order valence-corrected chi connectivity index (χ0v) is 13.6. The summed E-state index contributed by atoms with van der Waals surface area (Å²) in [6.45, 7) is 7.82. The lowest BCUT2D eigenvalue weighted by Gasteiger charge is -2.43. The third kappa shape index (κ3) is 2.71. The Morgan fingerprint density at radius 2 is 2.25 bits per heavy atom. The first-order valence-electron chi connectivity index (χ1n) is 7.82. The third-order valence-corrected chi connectivity index (χ3v) is 4.96. The van der Waals surface area contributed by atoms with Crippen LogP contribution in [0.4, 0.5) is 0 Å². The van der Waals surface area contributed by atoms with Gasteiger partial charge in [-0.2, -0.15) is 5.10 Å². The first-order chi connectivity index (χ1) is 9.55. The van der Waals surface area contributed by atoms with Gasteiger partial charge in [-0.1, -0.05) is 26.7 Å². The highest BCUT2D eigenvalue weighted by atomic mass is 16.5. The molecular formula is C16H29N3O. The van der Waals surface area contributed by atoms with Crippen LogP contribution in [0.5, 0.6) is 5.75 Å². The number of nitrogens with zero attached hydrogens (tertiary/aromatic N) is 2. The number of hydrogen-bond acceptors (Lipinski definition) is 3. The predicted molar refractivity (Wildman–Crippen MR) is 82.0 cm³/mol. The summed E-state index contributed by atoms with van der Waals surface area (Å²) in [5, 5.41) is 8.01. The van der Waals surface area contributed by atoms with E-state index < -0.39 is 0 Å². The van der Waals surface area contributed by atoms with Crippen molar-refractivity contribution in [1.29, 1.82) is 0 Å². The van der Waals surface area contributed by atoms with Gasteiger partial charge in [0.25, 0.3) is 0 Å². The molecule has 1 saturated carbocycles. The van der Waals surface area contributed by atoms with Crippen LogP contribution in [-0.4, -0.2) is 23.9 Å². The SMILES string of the molecule is CCn1ncc(OC)c1C(NC)C1CCCCC1(C)C. The second kappa shape index (κ2) is 6.17. The van der Waals surface area contributed by atoms with Crippen LogP contribution in [0.25, 0.3) is 0 Å². The molecule has 0 radical (unpaired) electrons. The molecule has 1 aromatic rings. The van der Waals surface area contributed by atoms with Gasteiger partial charge < -0.3 is 10.1 Å². The van der Waals surface area contributed by atoms with Crippen molar-refractivity contribution in [2.45, 2.75) is 59.0 Å². The van der Waals surface area contributed by atoms with Gasteiger partial charge >= 0.3 is 0 Å². The number of hydrogen-bond donors (Lipinski definition) is 1. The maximum atomic E-state index is 5.55. The van der Waals surface area contributed by atoms with Crippen LogP contribution in [-0.2, 0) is 6.54 Å². The zero-order chi connectivity index (χ0) is 14.8. The van der Waals surface area contributed by atoms with Crippen molar-refractivity contribution in [3.63, 3.8) is 0 Å². The van der Waals surface area contributed by atoms with E-state index in [1.54, 1.807) is 7.11 Å². The second-order valence-electron chi connectivity index (χ2n) is 6.52. The summed E-state index contributed by atoms with van der Waals surface area (Å²) < 4.78 is 7.62. The quantitative estimate of drug-likeness (QED) is 0.898. The average Bonchev–Trinajstić information content (AvgIpc) is 2.84. The highest BCUT2D eigenvalue weighted by Crippen LogP contribution is 2.47. The van der Waals surface area contributed by atoms with E-state index in [-0.39, 0.29) is 0 Å². The van der Waals surface area contributed by atoms with E-state index in [1.165, 1.54) is 31.4 Å². The Balaban J connectivity index is 2.38. The Bertz CT molecular complexity index is 417. The molecule has 4 heteroatoms. The van der Waals surface area contributed by atoms with Gasteiger partial charge in [0.1, 0.15) is 0 Å². The summed E-state index contributed by atoms with van der Waals surface area (Å²) in [7, 11) is 3.79. The topological polar surface area (TPSA) is 39.1 Å². The highest BCUT2D eigenvalue weighted by Gasteiger charge is 2.39. The van der Waals surface area contributed by atoms with Crippen LogP contribution in [0.2, 0.25) is 0 Å². The molecule has 0 saturated heterocycles. The van der Waals surface area contributed by atoms with Gasteiger partial charge in [-0.05, 0) is 38.1 Å². The first-order valence-corrected chi connectivity index (χ1v) is 7.82. The summed E-state index contributed by atoms with van der Waals surface area (Å²) in [4.78, 5) is 0. The van der Waals surface area contributed by atoms with Crippen molar-refractivity contribution in [3.05, 3.63) is 11.9 Å². The monoisotopic (exact) mass is 279 g/mol. The fourth-order valence-corrected chi connectivity index (χ4v) is 3.77. The fraction of sp³-hybridized carbons (Fsp3) is 0.812. The summed E-state index contributed by atoms with van der Waals surface area (Å²) in [6.07, 6.45) is 7.10. The van der Waals surface area contributed by atoms with Crippen molar-refractivity contribution in [2.75, 3.05) is 14.2 Å². The Morgan fingerprint density at radius 3 is 2.80 bits per heavy atom. The van der Waals surface area contributed by atoms with Gasteiger partial charge in [-0.25, -0.2) is 0 Å². The van der Waals surface area contributed by atoms with Crippen LogP contribution in [0.1, 0.15) is 58.2 Å². The molecule has 114 valence electrons. The molecule has 0 spiro atoms. The van der Waals surface area contributed by atoms with Gasteiger partial charge in [0.15, 0.2) is 5.75 Å². The summed E-state index contributed by atoms with van der Waals surface area (Å²) >= 11 is 0. The van der Waals surface area contributed by atoms with E-state index in [0.717, 1.165) is 12.3 Å². The molecule has 20 heavy (non-hydrogen) atoms. The summed E-state index contributed by atoms with van der Waals surface area (Å²) in [6, 6.07) is 0.308. The predicted octanol–water partition coefficient (Wildman–Crippen LogP) is 3.39. The lowest BCUT2D eigenvalue weighted by molar-refractivity contribution is 0.0967. The largest absolute Gasteiger partial charge is 0.493 e. The molecule has 0 amide bonds. The summed E-state index contributed by atoms with van der Waals surface area (Å²) in [5.74, 6) is 1.53. The molecule has 4 nitrogen and oxygen atoms in total. The second-order valence-corrected chi connectivity index (χ2v) is 6.52. The third-order valence-electron chi connectivity index (χ3n) is 4.96. The van der Waals surface area contributed by atoms with Gasteiger partial charge in [-0.3, -0.25) is 4.68 Å². The lowest BCUT2D eigenvalue weighted by atomic mass is 9.65. The van der Waals surface area contributed by atoms with E-state index in [4.69, 9.17) is 4.74 Å². The number of methoxy groups -OCH3 is 1. The van der Waals surface area contributed by atoms with E-state index in [9.17, 15) is 0 Å². The molecule has 2 unspecified atom stereocenters. The molecule has 0 aliphatic heterocycles. The van der Waals surface area contributed by atoms with Crippen LogP contribution >= 0.6 is 0 Å². The standard InChI is InChI=1S/C16H29N3O/c1-6-19-15(13(20-5)11-18-19)14(17-4)12-9-7-8-10-16(12,2)3/h11-12,14,17H,6-10H2,1-5H3. The highest BCUT2D eigenvalue weighted by molar-refractivity contribution is 5.29. The number of aromatic nitrogens is 2. The van der Waals surface area contributed by atoms with Crippen molar-refractivity contribution >= 4 is 0 Å². The van der Waals surface area contributed by atoms with Crippen LogP contribution in [0.3, 0.4) is 0 Å². The maximum absolute atomic E-state index is 5.55. The van der Waals surface area contributed by atoms with Crippen molar-refractivity contribution < 1.29 is 4.74 Å². The molecule has 0 bridgehead atoms. The summed E-state index contributed by atoms with van der Waals surface area (Å²) in [5.41, 5.74) is 1.57. The Kier molecular flexibility index (Phi) is 4.74. The zero-order valence-electron chi connectivity index (χ0n) is 13.6. The van der Waals surface area contributed by atoms with Crippen LogP contribution < -0.4 is 10.1 Å². The Labute approximate surface area is 122 Å². The Hall–Kier alpha value is -1.03. The molecule has 2 rings (SSSR count). The van der Waals surface area contributed by atoms with Crippen molar-refractivity contribution in [1.82, 2.24) is 15.1 Å². The fourth-order valence-electron chi connectivity index (χ4n) is 3.77. The molecule has 2 atom stereocenters. The minimum Gasteiger partial charge on any atom is -0.493 e. The van der Waals surface area contributed by atoms with E-state index in [1.807, 2.05) is 6.20 Å². The lowest BCUT2D eigenvalue weighted by Crippen LogP contribution is -2.39. The van der Waals surface area contributed by atoms with Gasteiger partial charge in [0.05, 0.1) is 25.0 Å². The first kappa shape index (κ1) is 15.4. The van der Waals surface area contributed by atoms with E-state index in [2.05, 4.69) is 42.9 Å². The molecule has 1 aliphatic rings. The average molecular weight is 279 g/mol. The minimum atomic E-state index is 0.308. The van der Waals surface area contributed by atoms with Crippen LogP contribution in [0, 0.1) is 11.3 Å². The maximum Gasteiger partial charge on any atom is 0.161 e. The molecule has 1 aliphatic carbocycles. The van der Waals surface area contributed by atoms with E-state index >= 15 is 0 Å². The van der Waals surface area contributed by atoms with Gasteiger partial charge in [0.2, 0.25) is 0 Å². The molecular weight excluding hydrogens is 250 g/mol. The molecule has 1 aromatic heterocycles. The van der Waals surface area contributed by atoms with Gasteiger partial charge in [-0.15, -0.1) is 0 Å². The Morgan fingerprint density at radius 1 is 1.50 bits per heavy atom. The molecule has 1 N–H and O–H groups in total. The normalized spacial score (nSPS) is 23.6. The number of ether oxygens (including phenoxy) is 1. The number of aryl methyl sites for hydroxylation is 1. The molecule has 1 fully saturated rings. The molecule has 0 aromatic carbocycles. The number of rotatable bonds is 5.